The van der Waals surface area contributed by atoms with E-state index in [-0.39, 0.29) is 0 Å². The highest BCUT2D eigenvalue weighted by Gasteiger charge is 2.21. The van der Waals surface area contributed by atoms with Crippen LogP contribution in [0.3, 0.4) is 0 Å². The summed E-state index contributed by atoms with van der Waals surface area (Å²) < 4.78 is 21.7. The average molecular weight is 590 g/mol. The van der Waals surface area contributed by atoms with Gasteiger partial charge in [-0.3, -0.25) is 0 Å². The monoisotopic (exact) mass is 589 g/mol. The SMILES string of the molecule is c1ccc2c(c1)oc1cc(-c3ccc4oc5ccc6oc7c(-n8c9ccccc9c9ccccc98)cccc7c6c5c4c3)ccc12. The molecule has 0 atom stereocenters. The molecule has 0 aliphatic heterocycles. The molecule has 0 aliphatic carbocycles. The molecule has 0 N–H and O–H groups in total. The molecule has 0 amide bonds. The lowest BCUT2D eigenvalue weighted by molar-refractivity contribution is 0.661. The quantitative estimate of drug-likeness (QED) is 0.201. The first kappa shape index (κ1) is 24.1. The first-order valence-electron chi connectivity index (χ1n) is 15.5. The lowest BCUT2D eigenvalue weighted by Gasteiger charge is -2.08. The van der Waals surface area contributed by atoms with E-state index in [1.165, 1.54) is 10.8 Å². The maximum absolute atomic E-state index is 6.75. The molecule has 0 saturated heterocycles. The first-order chi connectivity index (χ1) is 22.8. The Morgan fingerprint density at radius 1 is 0.348 bits per heavy atom. The summed E-state index contributed by atoms with van der Waals surface area (Å²) in [7, 11) is 0. The number of fused-ring (bicyclic) bond motifs is 13. The molecule has 46 heavy (non-hydrogen) atoms. The van der Waals surface area contributed by atoms with Crippen molar-refractivity contribution in [2.45, 2.75) is 0 Å². The van der Waals surface area contributed by atoms with Crippen LogP contribution in [0.5, 0.6) is 0 Å². The van der Waals surface area contributed by atoms with Gasteiger partial charge >= 0.3 is 0 Å². The van der Waals surface area contributed by atoms with Crippen LogP contribution in [-0.2, 0) is 0 Å². The van der Waals surface area contributed by atoms with E-state index in [0.717, 1.165) is 93.7 Å². The molecule has 4 nitrogen and oxygen atoms in total. The molecule has 0 aliphatic rings. The van der Waals surface area contributed by atoms with Gasteiger partial charge in [0.05, 0.1) is 16.7 Å². The second kappa shape index (κ2) is 8.68. The zero-order valence-corrected chi connectivity index (χ0v) is 24.5. The number of aromatic nitrogens is 1. The number of benzene rings is 7. The minimum Gasteiger partial charge on any atom is -0.456 e. The normalized spacial score (nSPS) is 12.3. The van der Waals surface area contributed by atoms with Gasteiger partial charge in [-0.2, -0.15) is 0 Å². The summed E-state index contributed by atoms with van der Waals surface area (Å²) in [4.78, 5) is 0. The third-order valence-corrected chi connectivity index (χ3v) is 9.61. The smallest absolute Gasteiger partial charge is 0.159 e. The molecule has 0 unspecified atom stereocenters. The standard InChI is InChI=1S/C42H23NO3/c1-4-12-32-26(8-1)27-9-2-5-13-33(27)43(32)34-14-7-11-30-40-38(46-42(30)34)21-20-37-41(40)31-22-24(17-19-36(31)44-37)25-16-18-29-28-10-3-6-15-35(28)45-39(29)23-25/h1-23H. The summed E-state index contributed by atoms with van der Waals surface area (Å²) in [6.07, 6.45) is 0. The van der Waals surface area contributed by atoms with E-state index in [2.05, 4.69) is 120 Å². The number of rotatable bonds is 2. The van der Waals surface area contributed by atoms with Crippen molar-refractivity contribution in [1.82, 2.24) is 4.57 Å². The summed E-state index contributed by atoms with van der Waals surface area (Å²) >= 11 is 0. The summed E-state index contributed by atoms with van der Waals surface area (Å²) in [6.45, 7) is 0. The molecule has 4 heteroatoms. The maximum atomic E-state index is 6.75. The third kappa shape index (κ3) is 3.12. The Hall–Kier alpha value is -6.26. The van der Waals surface area contributed by atoms with Crippen LogP contribution in [0.2, 0.25) is 0 Å². The Morgan fingerprint density at radius 2 is 0.913 bits per heavy atom. The Morgan fingerprint density at radius 3 is 1.74 bits per heavy atom. The van der Waals surface area contributed by atoms with Crippen molar-refractivity contribution in [3.8, 4) is 16.8 Å². The van der Waals surface area contributed by atoms with Crippen LogP contribution < -0.4 is 0 Å². The molecule has 0 radical (unpaired) electrons. The second-order valence-corrected chi connectivity index (χ2v) is 12.1. The highest BCUT2D eigenvalue weighted by molar-refractivity contribution is 6.27. The summed E-state index contributed by atoms with van der Waals surface area (Å²) in [5, 5.41) is 8.97. The molecular weight excluding hydrogens is 566 g/mol. The van der Waals surface area contributed by atoms with Gasteiger partial charge in [-0.1, -0.05) is 78.9 Å². The van der Waals surface area contributed by atoms with E-state index in [1.54, 1.807) is 0 Å². The zero-order chi connectivity index (χ0) is 29.9. The molecule has 4 heterocycles. The lowest BCUT2D eigenvalue weighted by Crippen LogP contribution is -1.93. The number of nitrogens with zero attached hydrogens (tertiary/aromatic N) is 1. The van der Waals surface area contributed by atoms with Crippen molar-refractivity contribution >= 4 is 87.6 Å². The predicted molar refractivity (Wildman–Crippen MR) is 188 cm³/mol. The van der Waals surface area contributed by atoms with Crippen molar-refractivity contribution in [1.29, 1.82) is 0 Å². The molecule has 0 spiro atoms. The zero-order valence-electron chi connectivity index (χ0n) is 24.5. The van der Waals surface area contributed by atoms with Gasteiger partial charge in [-0.15, -0.1) is 0 Å². The van der Waals surface area contributed by atoms with Crippen molar-refractivity contribution in [3.63, 3.8) is 0 Å². The van der Waals surface area contributed by atoms with Gasteiger partial charge in [0, 0.05) is 43.1 Å². The molecule has 11 aromatic rings. The third-order valence-electron chi connectivity index (χ3n) is 9.61. The summed E-state index contributed by atoms with van der Waals surface area (Å²) in [5.74, 6) is 0. The van der Waals surface area contributed by atoms with Crippen LogP contribution in [0.4, 0.5) is 0 Å². The van der Waals surface area contributed by atoms with Gasteiger partial charge in [-0.05, 0) is 71.8 Å². The number of hydrogen-bond donors (Lipinski definition) is 0. The lowest BCUT2D eigenvalue weighted by atomic mass is 9.99. The molecule has 7 aromatic carbocycles. The molecule has 11 rings (SSSR count). The molecule has 214 valence electrons. The van der Waals surface area contributed by atoms with Crippen molar-refractivity contribution in [2.75, 3.05) is 0 Å². The Kier molecular flexibility index (Phi) is 4.55. The van der Waals surface area contributed by atoms with E-state index in [1.807, 2.05) is 24.3 Å². The Balaban J connectivity index is 1.17. The predicted octanol–water partition coefficient (Wildman–Crippen LogP) is 12.1. The minimum atomic E-state index is 0.840. The molecule has 0 fully saturated rings. The fourth-order valence-electron chi connectivity index (χ4n) is 7.58. The van der Waals surface area contributed by atoms with Gasteiger partial charge in [0.15, 0.2) is 5.58 Å². The van der Waals surface area contributed by atoms with E-state index >= 15 is 0 Å². The Labute approximate surface area is 261 Å². The number of furan rings is 3. The second-order valence-electron chi connectivity index (χ2n) is 12.1. The summed E-state index contributed by atoms with van der Waals surface area (Å²) in [5.41, 5.74) is 10.7. The van der Waals surface area contributed by atoms with Gasteiger partial charge in [0.2, 0.25) is 0 Å². The molecular formula is C42H23NO3. The van der Waals surface area contributed by atoms with E-state index < -0.39 is 0 Å². The van der Waals surface area contributed by atoms with E-state index in [4.69, 9.17) is 13.3 Å². The Bertz CT molecular complexity index is 2980. The maximum Gasteiger partial charge on any atom is 0.159 e. The topological polar surface area (TPSA) is 44.4 Å². The number of para-hydroxylation sites is 4. The van der Waals surface area contributed by atoms with Crippen molar-refractivity contribution in [3.05, 3.63) is 140 Å². The van der Waals surface area contributed by atoms with Crippen LogP contribution in [0.1, 0.15) is 0 Å². The fourth-order valence-corrected chi connectivity index (χ4v) is 7.58. The highest BCUT2D eigenvalue weighted by atomic mass is 16.3. The van der Waals surface area contributed by atoms with Crippen LogP contribution in [-0.4, -0.2) is 4.57 Å². The number of hydrogen-bond acceptors (Lipinski definition) is 3. The van der Waals surface area contributed by atoms with Crippen molar-refractivity contribution in [2.24, 2.45) is 0 Å². The first-order valence-corrected chi connectivity index (χ1v) is 15.5. The highest BCUT2D eigenvalue weighted by Crippen LogP contribution is 2.44. The van der Waals surface area contributed by atoms with Gasteiger partial charge < -0.3 is 17.8 Å². The largest absolute Gasteiger partial charge is 0.456 e. The van der Waals surface area contributed by atoms with Crippen LogP contribution in [0.15, 0.2) is 153 Å². The van der Waals surface area contributed by atoms with E-state index in [9.17, 15) is 0 Å². The van der Waals surface area contributed by atoms with Crippen molar-refractivity contribution < 1.29 is 13.3 Å². The fraction of sp³-hybridized carbons (Fsp3) is 0. The van der Waals surface area contributed by atoms with Crippen LogP contribution in [0, 0.1) is 0 Å². The van der Waals surface area contributed by atoms with Gasteiger partial charge in [0.1, 0.15) is 27.9 Å². The van der Waals surface area contributed by atoms with Crippen LogP contribution >= 0.6 is 0 Å². The summed E-state index contributed by atoms with van der Waals surface area (Å²) in [6, 6.07) is 48.8. The molecule has 0 saturated carbocycles. The van der Waals surface area contributed by atoms with Gasteiger partial charge in [0.25, 0.3) is 0 Å². The average Bonchev–Trinajstić information content (AvgIpc) is 3.86. The molecule has 4 aromatic heterocycles. The van der Waals surface area contributed by atoms with Crippen LogP contribution in [0.25, 0.3) is 104 Å². The van der Waals surface area contributed by atoms with E-state index in [0.29, 0.717) is 0 Å². The molecule has 0 bridgehead atoms. The van der Waals surface area contributed by atoms with Gasteiger partial charge in [-0.25, -0.2) is 0 Å². The minimum absolute atomic E-state index is 0.840.